The first-order chi connectivity index (χ1) is 8.11. The summed E-state index contributed by atoms with van der Waals surface area (Å²) >= 11 is 0. The Morgan fingerprint density at radius 2 is 1.94 bits per heavy atom. The summed E-state index contributed by atoms with van der Waals surface area (Å²) in [4.78, 5) is 22.0. The molecule has 0 aliphatic heterocycles. The Hall–Kier alpha value is -2.59. The van der Waals surface area contributed by atoms with Gasteiger partial charge < -0.3 is 5.32 Å². The summed E-state index contributed by atoms with van der Waals surface area (Å²) in [5, 5.41) is 10.9. The van der Waals surface area contributed by atoms with Crippen LogP contribution in [0.25, 0.3) is 0 Å². The molecule has 1 N–H and O–H groups in total. The second kappa shape index (κ2) is 6.09. The van der Waals surface area contributed by atoms with E-state index in [0.717, 1.165) is 0 Å². The number of Topliss-reactive ketones (excluding diaryl/α,β-unsaturated/α-hetero) is 1. The zero-order valence-electron chi connectivity index (χ0n) is 9.28. The first-order valence-electron chi connectivity index (χ1n) is 4.91. The summed E-state index contributed by atoms with van der Waals surface area (Å²) in [6.45, 7) is 1.36. The van der Waals surface area contributed by atoms with E-state index in [-0.39, 0.29) is 18.1 Å². The number of hydrogen-bond acceptors (Lipinski definition) is 3. The van der Waals surface area contributed by atoms with Gasteiger partial charge in [-0.3, -0.25) is 9.59 Å². The fourth-order valence-electron chi connectivity index (χ4n) is 1.17. The zero-order valence-corrected chi connectivity index (χ0v) is 9.28. The topological polar surface area (TPSA) is 70.0 Å². The fraction of sp³-hybridized carbons (Fsp3) is 0.154. The van der Waals surface area contributed by atoms with Gasteiger partial charge in [-0.05, 0) is 31.2 Å². The second-order valence-electron chi connectivity index (χ2n) is 3.37. The molecule has 0 unspecified atom stereocenters. The van der Waals surface area contributed by atoms with Crippen LogP contribution in [-0.4, -0.2) is 11.7 Å². The SMILES string of the molecule is CC(=O)CC(=O)Nc1ccc(C#CC#N)cc1. The fourth-order valence-corrected chi connectivity index (χ4v) is 1.17. The van der Waals surface area contributed by atoms with Gasteiger partial charge in [0.15, 0.2) is 6.07 Å². The Morgan fingerprint density at radius 1 is 1.29 bits per heavy atom. The van der Waals surface area contributed by atoms with Gasteiger partial charge in [-0.1, -0.05) is 5.92 Å². The highest BCUT2D eigenvalue weighted by Crippen LogP contribution is 2.09. The minimum atomic E-state index is -0.339. The van der Waals surface area contributed by atoms with Gasteiger partial charge in [0, 0.05) is 17.2 Å². The lowest BCUT2D eigenvalue weighted by atomic mass is 10.2. The maximum atomic E-state index is 11.3. The van der Waals surface area contributed by atoms with Crippen molar-refractivity contribution in [2.24, 2.45) is 0 Å². The number of amides is 1. The largest absolute Gasteiger partial charge is 0.326 e. The van der Waals surface area contributed by atoms with E-state index in [2.05, 4.69) is 17.2 Å². The van der Waals surface area contributed by atoms with E-state index in [1.165, 1.54) is 6.92 Å². The van der Waals surface area contributed by atoms with E-state index < -0.39 is 0 Å². The number of nitrogens with zero attached hydrogens (tertiary/aromatic N) is 1. The number of carbonyl (C=O) groups excluding carboxylic acids is 2. The van der Waals surface area contributed by atoms with Gasteiger partial charge >= 0.3 is 0 Å². The first-order valence-corrected chi connectivity index (χ1v) is 4.91. The number of rotatable bonds is 3. The third-order valence-electron chi connectivity index (χ3n) is 1.84. The van der Waals surface area contributed by atoms with Crippen molar-refractivity contribution in [3.05, 3.63) is 29.8 Å². The molecule has 4 nitrogen and oxygen atoms in total. The van der Waals surface area contributed by atoms with Gasteiger partial charge in [0.05, 0.1) is 6.42 Å². The molecule has 84 valence electrons. The van der Waals surface area contributed by atoms with Crippen molar-refractivity contribution < 1.29 is 9.59 Å². The van der Waals surface area contributed by atoms with E-state index >= 15 is 0 Å². The molecular weight excluding hydrogens is 216 g/mol. The van der Waals surface area contributed by atoms with Gasteiger partial charge in [-0.2, -0.15) is 5.26 Å². The average molecular weight is 226 g/mol. The molecule has 0 aliphatic carbocycles. The molecule has 0 atom stereocenters. The van der Waals surface area contributed by atoms with Crippen molar-refractivity contribution >= 4 is 17.4 Å². The minimum Gasteiger partial charge on any atom is -0.326 e. The van der Waals surface area contributed by atoms with Crippen LogP contribution < -0.4 is 5.32 Å². The predicted molar refractivity (Wildman–Crippen MR) is 62.9 cm³/mol. The number of ketones is 1. The molecular formula is C13H10N2O2. The van der Waals surface area contributed by atoms with E-state index in [0.29, 0.717) is 11.3 Å². The van der Waals surface area contributed by atoms with Crippen molar-refractivity contribution in [3.63, 3.8) is 0 Å². The normalized spacial score (nSPS) is 8.47. The second-order valence-corrected chi connectivity index (χ2v) is 3.37. The minimum absolute atomic E-state index is 0.129. The van der Waals surface area contributed by atoms with Gasteiger partial charge in [0.2, 0.25) is 5.91 Å². The quantitative estimate of drug-likeness (QED) is 0.626. The van der Waals surface area contributed by atoms with Crippen LogP contribution in [-0.2, 0) is 9.59 Å². The Labute approximate surface area is 99.3 Å². The van der Waals surface area contributed by atoms with Crippen LogP contribution in [0.2, 0.25) is 0 Å². The van der Waals surface area contributed by atoms with Crippen LogP contribution in [0.15, 0.2) is 24.3 Å². The molecule has 0 fully saturated rings. The number of hydrogen-bond donors (Lipinski definition) is 1. The van der Waals surface area contributed by atoms with Crippen molar-refractivity contribution in [2.45, 2.75) is 13.3 Å². The van der Waals surface area contributed by atoms with Gasteiger partial charge in [0.1, 0.15) is 5.78 Å². The molecule has 0 radical (unpaired) electrons. The summed E-state index contributed by atoms with van der Waals surface area (Å²) in [6, 6.07) is 8.42. The smallest absolute Gasteiger partial charge is 0.231 e. The lowest BCUT2D eigenvalue weighted by molar-refractivity contribution is -0.124. The zero-order chi connectivity index (χ0) is 12.7. The van der Waals surface area contributed by atoms with Gasteiger partial charge in [0.25, 0.3) is 0 Å². The molecule has 1 amide bonds. The lowest BCUT2D eigenvalue weighted by Gasteiger charge is -2.03. The Bertz CT molecular complexity index is 527. The van der Waals surface area contributed by atoms with E-state index in [1.54, 1.807) is 30.3 Å². The predicted octanol–water partition coefficient (Wildman–Crippen LogP) is 1.48. The number of anilines is 1. The van der Waals surface area contributed by atoms with Crippen molar-refractivity contribution in [1.82, 2.24) is 0 Å². The van der Waals surface area contributed by atoms with Crippen molar-refractivity contribution in [1.29, 1.82) is 5.26 Å². The van der Waals surface area contributed by atoms with Crippen LogP contribution >= 0.6 is 0 Å². The molecule has 0 aliphatic rings. The van der Waals surface area contributed by atoms with Gasteiger partial charge in [-0.15, -0.1) is 0 Å². The molecule has 1 rings (SSSR count). The molecule has 0 heterocycles. The summed E-state index contributed by atoms with van der Waals surface area (Å²) in [5.74, 6) is 4.38. The molecule has 1 aromatic carbocycles. The Morgan fingerprint density at radius 3 is 2.47 bits per heavy atom. The Balaban J connectivity index is 2.66. The molecule has 0 spiro atoms. The molecule has 0 saturated carbocycles. The number of benzene rings is 1. The first kappa shape index (κ1) is 12.5. The summed E-state index contributed by atoms with van der Waals surface area (Å²) in [6.07, 6.45) is -0.129. The monoisotopic (exact) mass is 226 g/mol. The van der Waals surface area contributed by atoms with Crippen LogP contribution in [0, 0.1) is 23.2 Å². The van der Waals surface area contributed by atoms with Crippen LogP contribution in [0.3, 0.4) is 0 Å². The third kappa shape index (κ3) is 4.63. The number of carbonyl (C=O) groups is 2. The van der Waals surface area contributed by atoms with Crippen LogP contribution in [0.4, 0.5) is 5.69 Å². The maximum absolute atomic E-state index is 11.3. The van der Waals surface area contributed by atoms with Crippen LogP contribution in [0.5, 0.6) is 0 Å². The summed E-state index contributed by atoms with van der Waals surface area (Å²) in [5.41, 5.74) is 1.29. The standard InChI is InChI=1S/C13H10N2O2/c1-10(16)9-13(17)15-12-6-4-11(5-7-12)3-2-8-14/h4-7H,9H2,1H3,(H,15,17). The highest BCUT2D eigenvalue weighted by atomic mass is 16.2. The van der Waals surface area contributed by atoms with Gasteiger partial charge in [-0.25, -0.2) is 0 Å². The van der Waals surface area contributed by atoms with Crippen molar-refractivity contribution in [3.8, 4) is 17.9 Å². The summed E-state index contributed by atoms with van der Waals surface area (Å²) in [7, 11) is 0. The van der Waals surface area contributed by atoms with Crippen LogP contribution in [0.1, 0.15) is 18.9 Å². The van der Waals surface area contributed by atoms with E-state index in [1.807, 2.05) is 0 Å². The lowest BCUT2D eigenvalue weighted by Crippen LogP contribution is -2.14. The molecule has 0 bridgehead atoms. The highest BCUT2D eigenvalue weighted by Gasteiger charge is 2.04. The summed E-state index contributed by atoms with van der Waals surface area (Å²) < 4.78 is 0. The average Bonchev–Trinajstić information content (AvgIpc) is 2.27. The number of nitrogens with one attached hydrogen (secondary N) is 1. The highest BCUT2D eigenvalue weighted by molar-refractivity contribution is 6.03. The van der Waals surface area contributed by atoms with E-state index in [4.69, 9.17) is 5.26 Å². The maximum Gasteiger partial charge on any atom is 0.231 e. The number of nitriles is 1. The van der Waals surface area contributed by atoms with E-state index in [9.17, 15) is 9.59 Å². The Kier molecular flexibility index (Phi) is 4.47. The molecule has 1 aromatic rings. The molecule has 0 saturated heterocycles. The molecule has 4 heteroatoms. The third-order valence-corrected chi connectivity index (χ3v) is 1.84. The molecule has 0 aromatic heterocycles. The molecule has 17 heavy (non-hydrogen) atoms. The van der Waals surface area contributed by atoms with Crippen molar-refractivity contribution in [2.75, 3.05) is 5.32 Å².